The lowest BCUT2D eigenvalue weighted by Gasteiger charge is -2.30. The zero-order valence-corrected chi connectivity index (χ0v) is 11.8. The van der Waals surface area contributed by atoms with Crippen molar-refractivity contribution in [2.24, 2.45) is 0 Å². The van der Waals surface area contributed by atoms with Gasteiger partial charge in [0.15, 0.2) is 0 Å². The molecule has 1 aliphatic heterocycles. The lowest BCUT2D eigenvalue weighted by Crippen LogP contribution is -2.43. The Balaban J connectivity index is 1.85. The van der Waals surface area contributed by atoms with E-state index in [1.807, 2.05) is 13.8 Å². The Kier molecular flexibility index (Phi) is 4.93. The van der Waals surface area contributed by atoms with Crippen molar-refractivity contribution in [1.29, 1.82) is 0 Å². The molecule has 1 fully saturated rings. The Morgan fingerprint density at radius 2 is 2.42 bits per heavy atom. The van der Waals surface area contributed by atoms with E-state index < -0.39 is 0 Å². The van der Waals surface area contributed by atoms with E-state index in [2.05, 4.69) is 27.2 Å². The van der Waals surface area contributed by atoms with Crippen molar-refractivity contribution >= 4 is 5.95 Å². The molecule has 0 spiro atoms. The number of aromatic nitrogens is 2. The van der Waals surface area contributed by atoms with Gasteiger partial charge in [0.1, 0.15) is 0 Å². The Morgan fingerprint density at radius 1 is 1.58 bits per heavy atom. The molecule has 2 rings (SSSR count). The van der Waals surface area contributed by atoms with E-state index in [4.69, 9.17) is 9.47 Å². The molecular formula is C13H22N4O2. The summed E-state index contributed by atoms with van der Waals surface area (Å²) in [4.78, 5) is 10.7. The third kappa shape index (κ3) is 4.65. The predicted octanol–water partition coefficient (Wildman–Crippen LogP) is 1.01. The minimum absolute atomic E-state index is 0.109. The van der Waals surface area contributed by atoms with Crippen LogP contribution < -0.4 is 10.1 Å². The normalized spacial score (nSPS) is 20.5. The van der Waals surface area contributed by atoms with E-state index in [9.17, 15) is 0 Å². The van der Waals surface area contributed by atoms with Crippen LogP contribution >= 0.6 is 0 Å². The number of hydrogen-bond donors (Lipinski definition) is 1. The number of rotatable bonds is 5. The molecule has 1 aliphatic rings. The van der Waals surface area contributed by atoms with Gasteiger partial charge < -0.3 is 19.7 Å². The predicted molar refractivity (Wildman–Crippen MR) is 73.5 cm³/mol. The topological polar surface area (TPSA) is 59.5 Å². The average molecular weight is 266 g/mol. The second-order valence-electron chi connectivity index (χ2n) is 5.02. The van der Waals surface area contributed by atoms with Gasteiger partial charge in [-0.15, -0.1) is 0 Å². The number of morpholine rings is 1. The van der Waals surface area contributed by atoms with Crippen molar-refractivity contribution in [2.45, 2.75) is 26.1 Å². The molecule has 1 N–H and O–H groups in total. The van der Waals surface area contributed by atoms with Gasteiger partial charge in [0.25, 0.3) is 0 Å². The number of likely N-dealkylation sites (N-methyl/N-ethyl adjacent to an activating group) is 1. The Hall–Kier alpha value is -1.40. The van der Waals surface area contributed by atoms with Crippen LogP contribution in [0.15, 0.2) is 12.3 Å². The summed E-state index contributed by atoms with van der Waals surface area (Å²) >= 11 is 0. The number of nitrogens with one attached hydrogen (secondary N) is 1. The molecular weight excluding hydrogens is 244 g/mol. The second kappa shape index (κ2) is 6.68. The van der Waals surface area contributed by atoms with Crippen LogP contribution in [0.4, 0.5) is 5.95 Å². The fourth-order valence-corrected chi connectivity index (χ4v) is 1.93. The molecule has 1 saturated heterocycles. The molecule has 0 bridgehead atoms. The van der Waals surface area contributed by atoms with Crippen molar-refractivity contribution in [3.63, 3.8) is 0 Å². The standard InChI is InChI=1S/C13H22N4O2/c1-10(2)19-12-4-5-14-13(16-12)15-8-11-9-17(3)6-7-18-11/h4-5,10-11H,6-9H2,1-3H3,(H,14,15,16). The highest BCUT2D eigenvalue weighted by Crippen LogP contribution is 2.11. The Labute approximate surface area is 114 Å². The lowest BCUT2D eigenvalue weighted by atomic mass is 10.3. The minimum Gasteiger partial charge on any atom is -0.475 e. The molecule has 19 heavy (non-hydrogen) atoms. The van der Waals surface area contributed by atoms with E-state index >= 15 is 0 Å². The molecule has 0 aromatic carbocycles. The molecule has 1 aromatic heterocycles. The van der Waals surface area contributed by atoms with Gasteiger partial charge in [0.2, 0.25) is 11.8 Å². The van der Waals surface area contributed by atoms with Crippen molar-refractivity contribution in [2.75, 3.05) is 38.6 Å². The molecule has 106 valence electrons. The molecule has 1 atom stereocenters. The van der Waals surface area contributed by atoms with E-state index in [1.54, 1.807) is 12.3 Å². The van der Waals surface area contributed by atoms with Crippen molar-refractivity contribution in [1.82, 2.24) is 14.9 Å². The summed E-state index contributed by atoms with van der Waals surface area (Å²) in [6, 6.07) is 1.76. The van der Waals surface area contributed by atoms with Crippen LogP contribution in [-0.2, 0) is 4.74 Å². The van der Waals surface area contributed by atoms with E-state index in [0.29, 0.717) is 18.4 Å². The van der Waals surface area contributed by atoms with Gasteiger partial charge in [-0.2, -0.15) is 4.98 Å². The van der Waals surface area contributed by atoms with Crippen molar-refractivity contribution < 1.29 is 9.47 Å². The zero-order valence-electron chi connectivity index (χ0n) is 11.8. The summed E-state index contributed by atoms with van der Waals surface area (Å²) < 4.78 is 11.2. The van der Waals surface area contributed by atoms with Gasteiger partial charge in [-0.1, -0.05) is 0 Å². The maximum atomic E-state index is 5.67. The maximum Gasteiger partial charge on any atom is 0.226 e. The largest absolute Gasteiger partial charge is 0.475 e. The van der Waals surface area contributed by atoms with Crippen LogP contribution in [0.2, 0.25) is 0 Å². The van der Waals surface area contributed by atoms with Crippen LogP contribution in [0.3, 0.4) is 0 Å². The molecule has 0 saturated carbocycles. The highest BCUT2D eigenvalue weighted by Gasteiger charge is 2.17. The number of nitrogens with zero attached hydrogens (tertiary/aromatic N) is 3. The Bertz CT molecular complexity index is 400. The fourth-order valence-electron chi connectivity index (χ4n) is 1.93. The third-order valence-electron chi connectivity index (χ3n) is 2.82. The lowest BCUT2D eigenvalue weighted by molar-refractivity contribution is -0.0118. The van der Waals surface area contributed by atoms with Crippen molar-refractivity contribution in [3.8, 4) is 5.88 Å². The summed E-state index contributed by atoms with van der Waals surface area (Å²) in [6.45, 7) is 7.34. The summed E-state index contributed by atoms with van der Waals surface area (Å²) in [5, 5.41) is 3.19. The molecule has 0 radical (unpaired) electrons. The first-order chi connectivity index (χ1) is 9.13. The SMILES string of the molecule is CC(C)Oc1ccnc(NCC2CN(C)CCO2)n1. The summed E-state index contributed by atoms with van der Waals surface area (Å²) in [6.07, 6.45) is 1.98. The minimum atomic E-state index is 0.109. The third-order valence-corrected chi connectivity index (χ3v) is 2.82. The number of anilines is 1. The smallest absolute Gasteiger partial charge is 0.226 e. The van der Waals surface area contributed by atoms with Gasteiger partial charge in [-0.25, -0.2) is 4.98 Å². The maximum absolute atomic E-state index is 5.67. The zero-order chi connectivity index (χ0) is 13.7. The highest BCUT2D eigenvalue weighted by atomic mass is 16.5. The first kappa shape index (κ1) is 14.0. The summed E-state index contributed by atoms with van der Waals surface area (Å²) in [5.41, 5.74) is 0. The van der Waals surface area contributed by atoms with E-state index in [0.717, 1.165) is 19.7 Å². The van der Waals surface area contributed by atoms with Crippen LogP contribution in [0.25, 0.3) is 0 Å². The Morgan fingerprint density at radius 3 is 3.16 bits per heavy atom. The molecule has 1 unspecified atom stereocenters. The van der Waals surface area contributed by atoms with Crippen LogP contribution in [0, 0.1) is 0 Å². The van der Waals surface area contributed by atoms with E-state index in [1.165, 1.54) is 0 Å². The van der Waals surface area contributed by atoms with Crippen molar-refractivity contribution in [3.05, 3.63) is 12.3 Å². The molecule has 1 aromatic rings. The average Bonchev–Trinajstić information content (AvgIpc) is 2.36. The first-order valence-corrected chi connectivity index (χ1v) is 6.67. The summed E-state index contributed by atoms with van der Waals surface area (Å²) in [7, 11) is 2.10. The van der Waals surface area contributed by atoms with Gasteiger partial charge in [0, 0.05) is 31.9 Å². The summed E-state index contributed by atoms with van der Waals surface area (Å²) in [5.74, 6) is 1.17. The number of hydrogen-bond acceptors (Lipinski definition) is 6. The number of ether oxygens (including phenoxy) is 2. The quantitative estimate of drug-likeness (QED) is 0.858. The molecule has 6 nitrogen and oxygen atoms in total. The monoisotopic (exact) mass is 266 g/mol. The fraction of sp³-hybridized carbons (Fsp3) is 0.692. The van der Waals surface area contributed by atoms with Crippen LogP contribution in [-0.4, -0.2) is 60.4 Å². The molecule has 6 heteroatoms. The first-order valence-electron chi connectivity index (χ1n) is 6.67. The van der Waals surface area contributed by atoms with Crippen LogP contribution in [0.5, 0.6) is 5.88 Å². The second-order valence-corrected chi connectivity index (χ2v) is 5.02. The van der Waals surface area contributed by atoms with Gasteiger partial charge in [-0.3, -0.25) is 0 Å². The van der Waals surface area contributed by atoms with Gasteiger partial charge in [-0.05, 0) is 20.9 Å². The van der Waals surface area contributed by atoms with Gasteiger partial charge in [0.05, 0.1) is 18.8 Å². The molecule has 2 heterocycles. The molecule has 0 aliphatic carbocycles. The van der Waals surface area contributed by atoms with Crippen LogP contribution in [0.1, 0.15) is 13.8 Å². The van der Waals surface area contributed by atoms with Gasteiger partial charge >= 0.3 is 0 Å². The van der Waals surface area contributed by atoms with E-state index in [-0.39, 0.29) is 12.2 Å². The highest BCUT2D eigenvalue weighted by molar-refractivity contribution is 5.27. The molecule has 0 amide bonds.